The van der Waals surface area contributed by atoms with Crippen molar-refractivity contribution >= 4 is 12.1 Å². The third kappa shape index (κ3) is 8.38. The predicted molar refractivity (Wildman–Crippen MR) is 96.4 cm³/mol. The number of hydrogen-bond donors (Lipinski definition) is 2. The second-order valence-corrected chi connectivity index (χ2v) is 7.44. The number of amides is 1. The van der Waals surface area contributed by atoms with Crippen LogP contribution >= 0.6 is 0 Å². The van der Waals surface area contributed by atoms with Gasteiger partial charge in [-0.1, -0.05) is 6.92 Å². The number of nitrogens with zero attached hydrogens (tertiary/aromatic N) is 2. The zero-order chi connectivity index (χ0) is 18.2. The molecule has 0 spiro atoms. The predicted octanol–water partition coefficient (Wildman–Crippen LogP) is 1.83. The maximum absolute atomic E-state index is 12.0. The normalized spacial score (nSPS) is 19.8. The molecule has 2 unspecified atom stereocenters. The van der Waals surface area contributed by atoms with Gasteiger partial charge < -0.3 is 25.0 Å². The molecule has 0 radical (unpaired) electrons. The molecule has 2 N–H and O–H groups in total. The Morgan fingerprint density at radius 3 is 2.67 bits per heavy atom. The average Bonchev–Trinajstić information content (AvgIpc) is 2.98. The largest absolute Gasteiger partial charge is 0.444 e. The Kier molecular flexibility index (Phi) is 8.31. The smallest absolute Gasteiger partial charge is 0.410 e. The van der Waals surface area contributed by atoms with Crippen LogP contribution in [0.2, 0.25) is 0 Å². The molecule has 1 saturated heterocycles. The van der Waals surface area contributed by atoms with Crippen molar-refractivity contribution in [2.24, 2.45) is 10.9 Å². The van der Waals surface area contributed by atoms with Gasteiger partial charge in [-0.15, -0.1) is 0 Å². The van der Waals surface area contributed by atoms with Crippen LogP contribution in [0.1, 0.15) is 40.5 Å². The SMILES string of the molecule is CN=C(NCC(C)CN(C)C(=O)OC(C)(C)C)NCC1CCCO1. The van der Waals surface area contributed by atoms with E-state index in [4.69, 9.17) is 9.47 Å². The molecule has 1 fully saturated rings. The first-order valence-electron chi connectivity index (χ1n) is 8.71. The summed E-state index contributed by atoms with van der Waals surface area (Å²) in [4.78, 5) is 17.8. The standard InChI is InChI=1S/C17H34N4O3/c1-13(12-21(6)16(22)24-17(2,3)4)10-19-15(18-5)20-11-14-8-7-9-23-14/h13-14H,7-12H2,1-6H3,(H2,18,19,20). The van der Waals surface area contributed by atoms with Gasteiger partial charge in [-0.05, 0) is 39.5 Å². The summed E-state index contributed by atoms with van der Waals surface area (Å²) in [6, 6.07) is 0. The lowest BCUT2D eigenvalue weighted by atomic mass is 10.1. The Balaban J connectivity index is 2.27. The van der Waals surface area contributed by atoms with Crippen molar-refractivity contribution in [3.8, 4) is 0 Å². The summed E-state index contributed by atoms with van der Waals surface area (Å²) >= 11 is 0. The number of aliphatic imine (C=N–C) groups is 1. The van der Waals surface area contributed by atoms with Crippen LogP contribution in [-0.4, -0.2) is 69.0 Å². The number of hydrogen-bond acceptors (Lipinski definition) is 4. The molecule has 0 aromatic carbocycles. The molecule has 7 nitrogen and oxygen atoms in total. The fourth-order valence-corrected chi connectivity index (χ4v) is 2.45. The van der Waals surface area contributed by atoms with Crippen molar-refractivity contribution in [2.75, 3.05) is 40.3 Å². The van der Waals surface area contributed by atoms with E-state index >= 15 is 0 Å². The fraction of sp³-hybridized carbons (Fsp3) is 0.882. The van der Waals surface area contributed by atoms with Crippen molar-refractivity contribution in [3.05, 3.63) is 0 Å². The second-order valence-electron chi connectivity index (χ2n) is 7.44. The fourth-order valence-electron chi connectivity index (χ4n) is 2.45. The lowest BCUT2D eigenvalue weighted by Crippen LogP contribution is -2.44. The van der Waals surface area contributed by atoms with E-state index in [-0.39, 0.29) is 18.1 Å². The van der Waals surface area contributed by atoms with Crippen molar-refractivity contribution < 1.29 is 14.3 Å². The van der Waals surface area contributed by atoms with Crippen LogP contribution in [0.4, 0.5) is 4.79 Å². The number of nitrogens with one attached hydrogen (secondary N) is 2. The molecule has 0 aromatic heterocycles. The van der Waals surface area contributed by atoms with Crippen LogP contribution in [0.5, 0.6) is 0 Å². The van der Waals surface area contributed by atoms with Gasteiger partial charge in [0.1, 0.15) is 5.60 Å². The van der Waals surface area contributed by atoms with E-state index in [0.29, 0.717) is 6.54 Å². The minimum atomic E-state index is -0.471. The highest BCUT2D eigenvalue weighted by Crippen LogP contribution is 2.11. The molecular formula is C17H34N4O3. The third-order valence-electron chi connectivity index (χ3n) is 3.65. The van der Waals surface area contributed by atoms with Gasteiger partial charge in [0.05, 0.1) is 6.10 Å². The molecule has 1 aliphatic heterocycles. The van der Waals surface area contributed by atoms with Gasteiger partial charge >= 0.3 is 6.09 Å². The van der Waals surface area contributed by atoms with Crippen LogP contribution in [0, 0.1) is 5.92 Å². The van der Waals surface area contributed by atoms with E-state index in [1.165, 1.54) is 0 Å². The maximum Gasteiger partial charge on any atom is 0.410 e. The Labute approximate surface area is 146 Å². The monoisotopic (exact) mass is 342 g/mol. The molecule has 1 heterocycles. The number of carbonyl (C=O) groups excluding carboxylic acids is 1. The second kappa shape index (κ2) is 9.71. The first-order chi connectivity index (χ1) is 11.2. The molecule has 1 amide bonds. The lowest BCUT2D eigenvalue weighted by molar-refractivity contribution is 0.0278. The first-order valence-corrected chi connectivity index (χ1v) is 8.71. The van der Waals surface area contributed by atoms with Gasteiger partial charge in [0.15, 0.2) is 5.96 Å². The molecule has 1 rings (SSSR count). The Bertz CT molecular complexity index is 415. The zero-order valence-electron chi connectivity index (χ0n) is 16.0. The Hall–Kier alpha value is -1.50. The van der Waals surface area contributed by atoms with E-state index in [9.17, 15) is 4.79 Å². The molecule has 7 heteroatoms. The van der Waals surface area contributed by atoms with E-state index in [0.717, 1.165) is 38.5 Å². The van der Waals surface area contributed by atoms with Gasteiger partial charge in [-0.3, -0.25) is 4.99 Å². The summed E-state index contributed by atoms with van der Waals surface area (Å²) in [5.74, 6) is 1.03. The molecule has 0 aliphatic carbocycles. The molecule has 0 bridgehead atoms. The van der Waals surface area contributed by atoms with Gasteiger partial charge in [0.25, 0.3) is 0 Å². The number of carbonyl (C=O) groups is 1. The summed E-state index contributed by atoms with van der Waals surface area (Å²) in [6.45, 7) is 10.6. The summed E-state index contributed by atoms with van der Waals surface area (Å²) in [7, 11) is 3.51. The molecular weight excluding hydrogens is 308 g/mol. The van der Waals surface area contributed by atoms with Crippen LogP contribution in [-0.2, 0) is 9.47 Å². The first kappa shape index (κ1) is 20.5. The van der Waals surface area contributed by atoms with Crippen LogP contribution < -0.4 is 10.6 Å². The summed E-state index contributed by atoms with van der Waals surface area (Å²) in [5, 5.41) is 6.57. The van der Waals surface area contributed by atoms with Gasteiger partial charge in [0.2, 0.25) is 0 Å². The summed E-state index contributed by atoms with van der Waals surface area (Å²) in [6.07, 6.45) is 2.21. The lowest BCUT2D eigenvalue weighted by Gasteiger charge is -2.26. The van der Waals surface area contributed by atoms with Gasteiger partial charge in [0, 0.05) is 40.3 Å². The van der Waals surface area contributed by atoms with Crippen molar-refractivity contribution in [1.82, 2.24) is 15.5 Å². The minimum Gasteiger partial charge on any atom is -0.444 e. The van der Waals surface area contributed by atoms with Gasteiger partial charge in [-0.2, -0.15) is 0 Å². The van der Waals surface area contributed by atoms with Crippen molar-refractivity contribution in [3.63, 3.8) is 0 Å². The topological polar surface area (TPSA) is 75.2 Å². The quantitative estimate of drug-likeness (QED) is 0.569. The summed E-state index contributed by atoms with van der Waals surface area (Å²) in [5.41, 5.74) is -0.471. The highest BCUT2D eigenvalue weighted by Gasteiger charge is 2.21. The minimum absolute atomic E-state index is 0.267. The highest BCUT2D eigenvalue weighted by molar-refractivity contribution is 5.79. The number of rotatable bonds is 6. The van der Waals surface area contributed by atoms with E-state index in [2.05, 4.69) is 22.5 Å². The summed E-state index contributed by atoms with van der Waals surface area (Å²) < 4.78 is 10.9. The molecule has 1 aliphatic rings. The molecule has 140 valence electrons. The van der Waals surface area contributed by atoms with Gasteiger partial charge in [-0.25, -0.2) is 4.79 Å². The molecule has 2 atom stereocenters. The average molecular weight is 342 g/mol. The Morgan fingerprint density at radius 2 is 2.12 bits per heavy atom. The van der Waals surface area contributed by atoms with E-state index < -0.39 is 5.60 Å². The third-order valence-corrected chi connectivity index (χ3v) is 3.65. The Morgan fingerprint density at radius 1 is 1.42 bits per heavy atom. The van der Waals surface area contributed by atoms with E-state index in [1.807, 2.05) is 20.8 Å². The maximum atomic E-state index is 12.0. The molecule has 24 heavy (non-hydrogen) atoms. The zero-order valence-corrected chi connectivity index (χ0v) is 16.0. The number of guanidine groups is 1. The van der Waals surface area contributed by atoms with Crippen LogP contribution in [0.3, 0.4) is 0 Å². The highest BCUT2D eigenvalue weighted by atomic mass is 16.6. The van der Waals surface area contributed by atoms with Crippen LogP contribution in [0.15, 0.2) is 4.99 Å². The molecule has 0 aromatic rings. The number of ether oxygens (including phenoxy) is 2. The molecule has 0 saturated carbocycles. The van der Waals surface area contributed by atoms with Crippen LogP contribution in [0.25, 0.3) is 0 Å². The van der Waals surface area contributed by atoms with E-state index in [1.54, 1.807) is 19.0 Å². The van der Waals surface area contributed by atoms with Crippen molar-refractivity contribution in [1.29, 1.82) is 0 Å². The van der Waals surface area contributed by atoms with Crippen molar-refractivity contribution in [2.45, 2.75) is 52.2 Å².